The number of ketones is 1. The van der Waals surface area contributed by atoms with Gasteiger partial charge in [0.1, 0.15) is 6.04 Å². The van der Waals surface area contributed by atoms with E-state index in [4.69, 9.17) is 0 Å². The Kier molecular flexibility index (Phi) is 7.10. The molecule has 0 fully saturated rings. The molecular formula is C21H26N2O4S. The molecule has 2 rings (SSSR count). The summed E-state index contributed by atoms with van der Waals surface area (Å²) < 4.78 is 27.9. The number of nitrogens with one attached hydrogen (secondary N) is 2. The fourth-order valence-electron chi connectivity index (χ4n) is 2.70. The molecule has 0 spiro atoms. The smallest absolute Gasteiger partial charge is 0.242 e. The fraction of sp³-hybridized carbons (Fsp3) is 0.333. The van der Waals surface area contributed by atoms with E-state index in [9.17, 15) is 18.0 Å². The molecule has 2 aromatic rings. The maximum Gasteiger partial charge on any atom is 0.242 e. The maximum atomic E-state index is 12.8. The van der Waals surface area contributed by atoms with Crippen molar-refractivity contribution < 1.29 is 18.0 Å². The van der Waals surface area contributed by atoms with E-state index in [2.05, 4.69) is 10.0 Å². The van der Waals surface area contributed by atoms with Crippen LogP contribution in [0, 0.1) is 12.8 Å². The van der Waals surface area contributed by atoms with E-state index in [1.54, 1.807) is 36.4 Å². The third-order valence-electron chi connectivity index (χ3n) is 4.19. The molecule has 0 unspecified atom stereocenters. The Labute approximate surface area is 166 Å². The minimum absolute atomic E-state index is 0.0972. The van der Waals surface area contributed by atoms with E-state index < -0.39 is 22.0 Å². The van der Waals surface area contributed by atoms with Crippen LogP contribution < -0.4 is 10.0 Å². The number of sulfonamides is 1. The van der Waals surface area contributed by atoms with Gasteiger partial charge in [-0.3, -0.25) is 9.59 Å². The van der Waals surface area contributed by atoms with Crippen LogP contribution in [-0.4, -0.2) is 26.2 Å². The monoisotopic (exact) mass is 402 g/mol. The number of benzene rings is 2. The molecule has 7 heteroatoms. The van der Waals surface area contributed by atoms with Crippen LogP contribution in [0.2, 0.25) is 0 Å². The average molecular weight is 403 g/mol. The third-order valence-corrected chi connectivity index (χ3v) is 5.68. The molecule has 0 saturated heterocycles. The Morgan fingerprint density at radius 3 is 2.25 bits per heavy atom. The zero-order chi connectivity index (χ0) is 20.9. The highest BCUT2D eigenvalue weighted by Crippen LogP contribution is 2.16. The quantitative estimate of drug-likeness (QED) is 0.661. The van der Waals surface area contributed by atoms with Crippen LogP contribution in [0.3, 0.4) is 0 Å². The van der Waals surface area contributed by atoms with Crippen LogP contribution in [0.25, 0.3) is 0 Å². The van der Waals surface area contributed by atoms with Crippen molar-refractivity contribution in [2.24, 2.45) is 5.92 Å². The van der Waals surface area contributed by atoms with Gasteiger partial charge < -0.3 is 5.32 Å². The highest BCUT2D eigenvalue weighted by molar-refractivity contribution is 7.89. The Hall–Kier alpha value is -2.51. The molecule has 2 N–H and O–H groups in total. The largest absolute Gasteiger partial charge is 0.325 e. The van der Waals surface area contributed by atoms with Gasteiger partial charge in [-0.05, 0) is 50.5 Å². The molecule has 28 heavy (non-hydrogen) atoms. The molecular weight excluding hydrogens is 376 g/mol. The van der Waals surface area contributed by atoms with Gasteiger partial charge in [0.25, 0.3) is 0 Å². The highest BCUT2D eigenvalue weighted by atomic mass is 32.2. The normalized spacial score (nSPS) is 12.6. The highest BCUT2D eigenvalue weighted by Gasteiger charge is 2.26. The predicted molar refractivity (Wildman–Crippen MR) is 110 cm³/mol. The first-order valence-corrected chi connectivity index (χ1v) is 10.6. The molecule has 0 aliphatic rings. The van der Waals surface area contributed by atoms with Gasteiger partial charge in [-0.1, -0.05) is 43.7 Å². The Bertz CT molecular complexity index is 951. The number of hydrogen-bond donors (Lipinski definition) is 2. The fourth-order valence-corrected chi connectivity index (χ4v) is 3.91. The van der Waals surface area contributed by atoms with Crippen molar-refractivity contribution in [2.45, 2.75) is 45.1 Å². The summed E-state index contributed by atoms with van der Waals surface area (Å²) in [6.07, 6.45) is 0.337. The SMILES string of the molecule is CC(=O)c1cccc(NC(=O)[C@@H](CC(C)C)NS(=O)(=O)c2ccc(C)cc2)c1. The minimum atomic E-state index is -3.85. The minimum Gasteiger partial charge on any atom is -0.325 e. The van der Waals surface area contributed by atoms with Crippen molar-refractivity contribution in [3.8, 4) is 0 Å². The van der Waals surface area contributed by atoms with Crippen LogP contribution in [0.4, 0.5) is 5.69 Å². The molecule has 0 bridgehead atoms. The summed E-state index contributed by atoms with van der Waals surface area (Å²) in [5.41, 5.74) is 1.86. The number of hydrogen-bond acceptors (Lipinski definition) is 4. The second kappa shape index (κ2) is 9.12. The van der Waals surface area contributed by atoms with Gasteiger partial charge >= 0.3 is 0 Å². The Morgan fingerprint density at radius 1 is 1.04 bits per heavy atom. The summed E-state index contributed by atoms with van der Waals surface area (Å²) in [6, 6.07) is 12.1. The zero-order valence-corrected chi connectivity index (χ0v) is 17.3. The third kappa shape index (κ3) is 6.00. The lowest BCUT2D eigenvalue weighted by molar-refractivity contribution is -0.118. The summed E-state index contributed by atoms with van der Waals surface area (Å²) in [5.74, 6) is -0.486. The van der Waals surface area contributed by atoms with Gasteiger partial charge in [0.05, 0.1) is 4.90 Å². The standard InChI is InChI=1S/C21H26N2O4S/c1-14(2)12-20(23-28(26,27)19-10-8-15(3)9-11-19)21(25)22-18-7-5-6-17(13-18)16(4)24/h5-11,13-14,20,23H,12H2,1-4H3,(H,22,25)/t20-/m1/s1. The topological polar surface area (TPSA) is 92.3 Å². The van der Waals surface area contributed by atoms with Crippen molar-refractivity contribution in [3.05, 3.63) is 59.7 Å². The molecule has 1 atom stereocenters. The van der Waals surface area contributed by atoms with Crippen LogP contribution in [0.5, 0.6) is 0 Å². The summed E-state index contributed by atoms with van der Waals surface area (Å²) >= 11 is 0. The second-order valence-corrected chi connectivity index (χ2v) is 8.96. The van der Waals surface area contributed by atoms with Crippen LogP contribution in [-0.2, 0) is 14.8 Å². The van der Waals surface area contributed by atoms with Crippen LogP contribution >= 0.6 is 0 Å². The van der Waals surface area contributed by atoms with Crippen LogP contribution in [0.15, 0.2) is 53.4 Å². The van der Waals surface area contributed by atoms with E-state index in [0.717, 1.165) is 5.56 Å². The zero-order valence-electron chi connectivity index (χ0n) is 16.5. The summed E-state index contributed by atoms with van der Waals surface area (Å²) in [7, 11) is -3.85. The second-order valence-electron chi connectivity index (χ2n) is 7.24. The van der Waals surface area contributed by atoms with E-state index in [1.807, 2.05) is 20.8 Å². The molecule has 0 aliphatic carbocycles. The molecule has 0 radical (unpaired) electrons. The van der Waals surface area contributed by atoms with E-state index in [1.165, 1.54) is 19.1 Å². The lowest BCUT2D eigenvalue weighted by atomic mass is 10.0. The molecule has 0 heterocycles. The number of amides is 1. The first-order valence-electron chi connectivity index (χ1n) is 9.09. The Balaban J connectivity index is 2.22. The van der Waals surface area contributed by atoms with Crippen molar-refractivity contribution >= 4 is 27.4 Å². The Morgan fingerprint density at radius 2 is 1.68 bits per heavy atom. The average Bonchev–Trinajstić information content (AvgIpc) is 2.61. The van der Waals surface area contributed by atoms with Crippen LogP contribution in [0.1, 0.15) is 43.1 Å². The predicted octanol–water partition coefficient (Wildman–Crippen LogP) is 3.53. The number of aryl methyl sites for hydroxylation is 1. The van der Waals surface area contributed by atoms with E-state index >= 15 is 0 Å². The van der Waals surface area contributed by atoms with Gasteiger partial charge in [0.15, 0.2) is 5.78 Å². The number of Topliss-reactive ketones (excluding diaryl/α,β-unsaturated/α-hetero) is 1. The number of rotatable bonds is 8. The lowest BCUT2D eigenvalue weighted by Crippen LogP contribution is -2.44. The van der Waals surface area contributed by atoms with Crippen molar-refractivity contribution in [1.29, 1.82) is 0 Å². The van der Waals surface area contributed by atoms with Gasteiger partial charge in [-0.15, -0.1) is 0 Å². The van der Waals surface area contributed by atoms with E-state index in [0.29, 0.717) is 17.7 Å². The maximum absolute atomic E-state index is 12.8. The van der Waals surface area contributed by atoms with Gasteiger partial charge in [0.2, 0.25) is 15.9 Å². The summed E-state index contributed by atoms with van der Waals surface area (Å²) in [4.78, 5) is 24.4. The first-order chi connectivity index (χ1) is 13.1. The molecule has 6 nitrogen and oxygen atoms in total. The van der Waals surface area contributed by atoms with Gasteiger partial charge in [-0.2, -0.15) is 4.72 Å². The van der Waals surface area contributed by atoms with Crippen molar-refractivity contribution in [3.63, 3.8) is 0 Å². The molecule has 1 amide bonds. The van der Waals surface area contributed by atoms with Crippen molar-refractivity contribution in [1.82, 2.24) is 4.72 Å². The lowest BCUT2D eigenvalue weighted by Gasteiger charge is -2.20. The number of carbonyl (C=O) groups is 2. The molecule has 2 aromatic carbocycles. The van der Waals surface area contributed by atoms with E-state index in [-0.39, 0.29) is 16.6 Å². The summed E-state index contributed by atoms with van der Waals surface area (Å²) in [5, 5.41) is 2.71. The number of anilines is 1. The van der Waals surface area contributed by atoms with Crippen molar-refractivity contribution in [2.75, 3.05) is 5.32 Å². The molecule has 0 aliphatic heterocycles. The van der Waals surface area contributed by atoms with Gasteiger partial charge in [0, 0.05) is 11.3 Å². The molecule has 150 valence electrons. The number of carbonyl (C=O) groups excluding carboxylic acids is 2. The van der Waals surface area contributed by atoms with Gasteiger partial charge in [-0.25, -0.2) is 8.42 Å². The molecule has 0 saturated carbocycles. The summed E-state index contributed by atoms with van der Waals surface area (Å²) in [6.45, 7) is 7.14. The first kappa shape index (κ1) is 21.8. The molecule has 0 aromatic heterocycles.